The van der Waals surface area contributed by atoms with Crippen LogP contribution < -0.4 is 0 Å². The molecule has 2 aromatic rings. The number of hydrogen-bond acceptors (Lipinski definition) is 5. The maximum atomic E-state index is 12.9. The number of carbonyl (C=O) groups is 1. The molecule has 0 bridgehead atoms. The van der Waals surface area contributed by atoms with E-state index in [9.17, 15) is 23.1 Å². The van der Waals surface area contributed by atoms with Gasteiger partial charge in [-0.3, -0.25) is 0 Å². The van der Waals surface area contributed by atoms with Gasteiger partial charge < -0.3 is 19.4 Å². The normalized spacial score (nSPS) is 23.2. The zero-order chi connectivity index (χ0) is 20.8. The van der Waals surface area contributed by atoms with E-state index in [0.29, 0.717) is 31.2 Å². The van der Waals surface area contributed by atoms with Gasteiger partial charge in [0.2, 0.25) is 5.89 Å². The lowest BCUT2D eigenvalue weighted by molar-refractivity contribution is -0.137. The highest BCUT2D eigenvalue weighted by atomic mass is 19.4. The molecule has 7 nitrogen and oxygen atoms in total. The minimum absolute atomic E-state index is 0.168. The van der Waals surface area contributed by atoms with Gasteiger partial charge in [0.15, 0.2) is 5.82 Å². The van der Waals surface area contributed by atoms with E-state index in [1.165, 1.54) is 12.1 Å². The fourth-order valence-corrected chi connectivity index (χ4v) is 3.91. The molecule has 4 rings (SSSR count). The van der Waals surface area contributed by atoms with Gasteiger partial charge in [0.1, 0.15) is 0 Å². The number of aromatic nitrogens is 2. The van der Waals surface area contributed by atoms with Gasteiger partial charge in [0, 0.05) is 19.0 Å². The van der Waals surface area contributed by atoms with Gasteiger partial charge in [0.05, 0.1) is 30.7 Å². The topological polar surface area (TPSA) is 82.7 Å². The average Bonchev–Trinajstić information content (AvgIpc) is 3.10. The third-order valence-corrected chi connectivity index (χ3v) is 5.46. The first-order valence-corrected chi connectivity index (χ1v) is 9.40. The van der Waals surface area contributed by atoms with Crippen LogP contribution in [0.3, 0.4) is 0 Å². The summed E-state index contributed by atoms with van der Waals surface area (Å²) < 4.78 is 43.9. The molecule has 2 aliphatic heterocycles. The van der Waals surface area contributed by atoms with Crippen LogP contribution in [-0.4, -0.2) is 63.4 Å². The first-order valence-electron chi connectivity index (χ1n) is 9.40. The van der Waals surface area contributed by atoms with E-state index in [4.69, 9.17) is 4.52 Å². The number of rotatable bonds is 2. The molecule has 0 radical (unpaired) electrons. The SMILES string of the molecule is Cc1noc(C2CC(c3ccc(C(F)(F)F)cc3)CN(C(=O)N3CC(O)C3)C2)n1. The second-order valence-corrected chi connectivity index (χ2v) is 7.68. The summed E-state index contributed by atoms with van der Waals surface area (Å²) in [6.45, 7) is 3.02. The molecule has 2 aliphatic rings. The summed E-state index contributed by atoms with van der Waals surface area (Å²) in [4.78, 5) is 20.3. The number of alkyl halides is 3. The molecule has 2 unspecified atom stereocenters. The predicted molar refractivity (Wildman–Crippen MR) is 95.1 cm³/mol. The molecule has 10 heteroatoms. The number of amides is 2. The molecule has 156 valence electrons. The second kappa shape index (κ2) is 7.33. The third kappa shape index (κ3) is 4.07. The van der Waals surface area contributed by atoms with Crippen molar-refractivity contribution in [3.8, 4) is 0 Å². The van der Waals surface area contributed by atoms with E-state index in [-0.39, 0.29) is 31.0 Å². The number of halogens is 3. The number of benzene rings is 1. The zero-order valence-electron chi connectivity index (χ0n) is 15.8. The Morgan fingerprint density at radius 2 is 1.72 bits per heavy atom. The van der Waals surface area contributed by atoms with Gasteiger partial charge in [-0.25, -0.2) is 4.79 Å². The highest BCUT2D eigenvalue weighted by molar-refractivity contribution is 5.75. The van der Waals surface area contributed by atoms with Crippen molar-refractivity contribution in [3.63, 3.8) is 0 Å². The van der Waals surface area contributed by atoms with Crippen molar-refractivity contribution in [1.82, 2.24) is 19.9 Å². The smallest absolute Gasteiger partial charge is 0.389 e. The highest BCUT2D eigenvalue weighted by Gasteiger charge is 2.39. The summed E-state index contributed by atoms with van der Waals surface area (Å²) in [6.07, 6.45) is -4.32. The van der Waals surface area contributed by atoms with Gasteiger partial charge in [-0.15, -0.1) is 0 Å². The molecular formula is C19H21F3N4O3. The number of carbonyl (C=O) groups excluding carboxylic acids is 1. The van der Waals surface area contributed by atoms with Gasteiger partial charge in [-0.2, -0.15) is 18.2 Å². The minimum Gasteiger partial charge on any atom is -0.389 e. The van der Waals surface area contributed by atoms with Gasteiger partial charge in [-0.05, 0) is 31.0 Å². The molecule has 2 amide bonds. The van der Waals surface area contributed by atoms with Crippen molar-refractivity contribution >= 4 is 6.03 Å². The Bertz CT molecular complexity index is 878. The molecule has 2 fully saturated rings. The number of β-amino-alcohol motifs (C(OH)–C–C–N with tert-alkyl or cyclic N) is 1. The van der Waals surface area contributed by atoms with E-state index in [0.717, 1.165) is 17.7 Å². The van der Waals surface area contributed by atoms with Crippen LogP contribution in [0.25, 0.3) is 0 Å². The molecular weight excluding hydrogens is 389 g/mol. The van der Waals surface area contributed by atoms with E-state index >= 15 is 0 Å². The number of nitrogens with zero attached hydrogens (tertiary/aromatic N) is 4. The van der Waals surface area contributed by atoms with Crippen LogP contribution in [0.5, 0.6) is 0 Å². The van der Waals surface area contributed by atoms with E-state index in [1.807, 2.05) is 0 Å². The number of piperidine rings is 1. The number of aliphatic hydroxyl groups excluding tert-OH is 1. The zero-order valence-corrected chi connectivity index (χ0v) is 15.8. The van der Waals surface area contributed by atoms with Gasteiger partial charge in [0.25, 0.3) is 0 Å². The molecule has 1 N–H and O–H groups in total. The van der Waals surface area contributed by atoms with Crippen LogP contribution >= 0.6 is 0 Å². The van der Waals surface area contributed by atoms with Crippen molar-refractivity contribution in [3.05, 3.63) is 47.1 Å². The molecule has 0 saturated carbocycles. The maximum absolute atomic E-state index is 12.9. The van der Waals surface area contributed by atoms with Crippen LogP contribution in [0.4, 0.5) is 18.0 Å². The molecule has 2 atom stereocenters. The summed E-state index contributed by atoms with van der Waals surface area (Å²) in [5.41, 5.74) is 0.0176. The van der Waals surface area contributed by atoms with Crippen molar-refractivity contribution in [2.24, 2.45) is 0 Å². The van der Waals surface area contributed by atoms with Crippen molar-refractivity contribution in [2.75, 3.05) is 26.2 Å². The van der Waals surface area contributed by atoms with Crippen molar-refractivity contribution in [1.29, 1.82) is 0 Å². The van der Waals surface area contributed by atoms with Crippen LogP contribution in [0.1, 0.15) is 41.1 Å². The highest BCUT2D eigenvalue weighted by Crippen LogP contribution is 2.37. The Kier molecular flexibility index (Phi) is 4.97. The maximum Gasteiger partial charge on any atom is 0.416 e. The van der Waals surface area contributed by atoms with Crippen molar-refractivity contribution < 1.29 is 27.6 Å². The summed E-state index contributed by atoms with van der Waals surface area (Å²) in [7, 11) is 0. The Hall–Kier alpha value is -2.62. The van der Waals surface area contributed by atoms with E-state index in [2.05, 4.69) is 10.1 Å². The summed E-state index contributed by atoms with van der Waals surface area (Å²) in [5, 5.41) is 13.3. The number of urea groups is 1. The average molecular weight is 410 g/mol. The number of aryl methyl sites for hydroxylation is 1. The number of likely N-dealkylation sites (tertiary alicyclic amines) is 2. The molecule has 0 aliphatic carbocycles. The lowest BCUT2D eigenvalue weighted by Gasteiger charge is -2.43. The van der Waals surface area contributed by atoms with Crippen LogP contribution in [-0.2, 0) is 6.18 Å². The predicted octanol–water partition coefficient (Wildman–Crippen LogP) is 2.77. The molecule has 1 aromatic heterocycles. The second-order valence-electron chi connectivity index (χ2n) is 7.68. The largest absolute Gasteiger partial charge is 0.416 e. The fraction of sp³-hybridized carbons (Fsp3) is 0.526. The summed E-state index contributed by atoms with van der Waals surface area (Å²) in [6, 6.07) is 4.85. The van der Waals surface area contributed by atoms with Gasteiger partial charge in [-0.1, -0.05) is 17.3 Å². The monoisotopic (exact) mass is 410 g/mol. The molecule has 29 heavy (non-hydrogen) atoms. The Balaban J connectivity index is 1.57. The van der Waals surface area contributed by atoms with Crippen LogP contribution in [0, 0.1) is 6.92 Å². The minimum atomic E-state index is -4.39. The molecule has 2 saturated heterocycles. The Labute approximate surface area is 165 Å². The standard InChI is InChI=1S/C19H21F3N4O3/c1-11-23-17(29-24-11)14-6-13(12-2-4-15(5-3-12)19(20,21)22)7-25(8-14)18(28)26-9-16(27)10-26/h2-5,13-14,16,27H,6-10H2,1H3. The number of aliphatic hydroxyl groups is 1. The Morgan fingerprint density at radius 1 is 1.10 bits per heavy atom. The lowest BCUT2D eigenvalue weighted by Crippen LogP contribution is -2.59. The summed E-state index contributed by atoms with van der Waals surface area (Å²) >= 11 is 0. The molecule has 1 aromatic carbocycles. The Morgan fingerprint density at radius 3 is 2.28 bits per heavy atom. The summed E-state index contributed by atoms with van der Waals surface area (Å²) in [5.74, 6) is 0.520. The fourth-order valence-electron chi connectivity index (χ4n) is 3.91. The van der Waals surface area contributed by atoms with E-state index < -0.39 is 17.8 Å². The number of hydrogen-bond donors (Lipinski definition) is 1. The first-order chi connectivity index (χ1) is 13.7. The van der Waals surface area contributed by atoms with Crippen LogP contribution in [0.2, 0.25) is 0 Å². The molecule has 3 heterocycles. The quantitative estimate of drug-likeness (QED) is 0.823. The first kappa shape index (κ1) is 19.7. The third-order valence-electron chi connectivity index (χ3n) is 5.46. The van der Waals surface area contributed by atoms with Crippen molar-refractivity contribution in [2.45, 2.75) is 37.5 Å². The van der Waals surface area contributed by atoms with E-state index in [1.54, 1.807) is 16.7 Å². The lowest BCUT2D eigenvalue weighted by atomic mass is 9.84. The van der Waals surface area contributed by atoms with Crippen LogP contribution in [0.15, 0.2) is 28.8 Å². The molecule has 0 spiro atoms. The van der Waals surface area contributed by atoms with Gasteiger partial charge >= 0.3 is 12.2 Å².